The van der Waals surface area contributed by atoms with Gasteiger partial charge in [0.2, 0.25) is 0 Å². The van der Waals surface area contributed by atoms with Crippen LogP contribution >= 0.6 is 11.3 Å². The summed E-state index contributed by atoms with van der Waals surface area (Å²) < 4.78 is 27.1. The molecular formula is C15H20N2O2S2. The van der Waals surface area contributed by atoms with Crippen molar-refractivity contribution in [1.29, 1.82) is 0 Å². The Bertz CT molecular complexity index is 649. The Morgan fingerprint density at radius 1 is 1.19 bits per heavy atom. The normalized spacial score (nSPS) is 11.3. The van der Waals surface area contributed by atoms with Gasteiger partial charge in [-0.15, -0.1) is 11.3 Å². The molecule has 0 aliphatic carbocycles. The van der Waals surface area contributed by atoms with Crippen LogP contribution in [0.1, 0.15) is 19.8 Å². The summed E-state index contributed by atoms with van der Waals surface area (Å²) in [4.78, 5) is 2.17. The molecule has 0 aliphatic heterocycles. The third kappa shape index (κ3) is 4.22. The lowest BCUT2D eigenvalue weighted by atomic mass is 10.2. The maximum Gasteiger partial charge on any atom is 0.271 e. The van der Waals surface area contributed by atoms with E-state index >= 15 is 0 Å². The SMILES string of the molecule is CCCCN(C)c1ccc(NS(=O)(=O)c2cccs2)cc1. The van der Waals surface area contributed by atoms with Crippen molar-refractivity contribution >= 4 is 32.7 Å². The van der Waals surface area contributed by atoms with Crippen molar-refractivity contribution in [1.82, 2.24) is 0 Å². The Kier molecular flexibility index (Phi) is 5.25. The van der Waals surface area contributed by atoms with E-state index in [1.54, 1.807) is 29.6 Å². The number of thiophene rings is 1. The van der Waals surface area contributed by atoms with Gasteiger partial charge in [-0.1, -0.05) is 19.4 Å². The molecule has 0 spiro atoms. The Morgan fingerprint density at radius 2 is 1.90 bits per heavy atom. The molecule has 4 nitrogen and oxygen atoms in total. The number of nitrogens with one attached hydrogen (secondary N) is 1. The highest BCUT2D eigenvalue weighted by Gasteiger charge is 2.14. The number of hydrogen-bond acceptors (Lipinski definition) is 4. The van der Waals surface area contributed by atoms with Gasteiger partial charge in [0.25, 0.3) is 10.0 Å². The second-order valence-electron chi connectivity index (χ2n) is 4.86. The average Bonchev–Trinajstić information content (AvgIpc) is 3.00. The molecule has 0 amide bonds. The molecule has 0 unspecified atom stereocenters. The first kappa shape index (κ1) is 15.9. The second-order valence-corrected chi connectivity index (χ2v) is 7.72. The Morgan fingerprint density at radius 3 is 2.48 bits per heavy atom. The summed E-state index contributed by atoms with van der Waals surface area (Å²) in [7, 11) is -1.42. The molecule has 0 aliphatic rings. The molecule has 1 aromatic carbocycles. The van der Waals surface area contributed by atoms with Crippen molar-refractivity contribution in [2.45, 2.75) is 24.0 Å². The van der Waals surface area contributed by atoms with Crippen LogP contribution in [0, 0.1) is 0 Å². The summed E-state index contributed by atoms with van der Waals surface area (Å²) in [6, 6.07) is 10.8. The van der Waals surface area contributed by atoms with Crippen LogP contribution in [0.3, 0.4) is 0 Å². The van der Waals surface area contributed by atoms with Gasteiger partial charge in [-0.3, -0.25) is 4.72 Å². The maximum atomic E-state index is 12.1. The minimum Gasteiger partial charge on any atom is -0.375 e. The molecule has 0 radical (unpaired) electrons. The summed E-state index contributed by atoms with van der Waals surface area (Å²) in [5, 5.41) is 1.75. The van der Waals surface area contributed by atoms with Gasteiger partial charge in [0, 0.05) is 25.0 Å². The number of rotatable bonds is 7. The molecular weight excluding hydrogens is 304 g/mol. The van der Waals surface area contributed by atoms with E-state index in [2.05, 4.69) is 16.5 Å². The Labute approximate surface area is 130 Å². The monoisotopic (exact) mass is 324 g/mol. The van der Waals surface area contributed by atoms with Crippen LogP contribution in [0.25, 0.3) is 0 Å². The molecule has 1 heterocycles. The van der Waals surface area contributed by atoms with E-state index in [0.29, 0.717) is 9.90 Å². The van der Waals surface area contributed by atoms with Crippen LogP contribution in [-0.4, -0.2) is 22.0 Å². The van der Waals surface area contributed by atoms with Crippen LogP contribution in [0.2, 0.25) is 0 Å². The van der Waals surface area contributed by atoms with Crippen molar-refractivity contribution in [3.63, 3.8) is 0 Å². The lowest BCUT2D eigenvalue weighted by molar-refractivity contribution is 0.603. The van der Waals surface area contributed by atoms with Crippen LogP contribution in [0.15, 0.2) is 46.0 Å². The minimum absolute atomic E-state index is 0.326. The zero-order chi connectivity index (χ0) is 15.3. The van der Waals surface area contributed by atoms with Crippen LogP contribution in [-0.2, 0) is 10.0 Å². The summed E-state index contributed by atoms with van der Waals surface area (Å²) >= 11 is 1.21. The average molecular weight is 324 g/mol. The van der Waals surface area contributed by atoms with Gasteiger partial charge in [-0.05, 0) is 42.1 Å². The predicted octanol–water partition coefficient (Wildman–Crippen LogP) is 3.79. The lowest BCUT2D eigenvalue weighted by Crippen LogP contribution is -2.18. The van der Waals surface area contributed by atoms with Crippen LogP contribution in [0.4, 0.5) is 11.4 Å². The van der Waals surface area contributed by atoms with Crippen LogP contribution < -0.4 is 9.62 Å². The molecule has 6 heteroatoms. The van der Waals surface area contributed by atoms with Gasteiger partial charge in [-0.25, -0.2) is 8.42 Å². The number of benzene rings is 1. The van der Waals surface area contributed by atoms with Crippen LogP contribution in [0.5, 0.6) is 0 Å². The van der Waals surface area contributed by atoms with Gasteiger partial charge >= 0.3 is 0 Å². The number of anilines is 2. The molecule has 2 aromatic rings. The highest BCUT2D eigenvalue weighted by atomic mass is 32.2. The summed E-state index contributed by atoms with van der Waals surface area (Å²) in [6.07, 6.45) is 2.30. The highest BCUT2D eigenvalue weighted by molar-refractivity contribution is 7.94. The molecule has 0 atom stereocenters. The first-order valence-corrected chi connectivity index (χ1v) is 9.27. The highest BCUT2D eigenvalue weighted by Crippen LogP contribution is 2.22. The van der Waals surface area contributed by atoms with Crippen molar-refractivity contribution in [2.24, 2.45) is 0 Å². The van der Waals surface area contributed by atoms with Gasteiger partial charge in [0.05, 0.1) is 0 Å². The number of nitrogens with zero attached hydrogens (tertiary/aromatic N) is 1. The zero-order valence-electron chi connectivity index (χ0n) is 12.2. The summed E-state index contributed by atoms with van der Waals surface area (Å²) in [5.41, 5.74) is 1.67. The van der Waals surface area contributed by atoms with E-state index in [-0.39, 0.29) is 0 Å². The molecule has 114 valence electrons. The molecule has 0 fully saturated rings. The number of unbranched alkanes of at least 4 members (excludes halogenated alkanes) is 1. The zero-order valence-corrected chi connectivity index (χ0v) is 13.9. The number of hydrogen-bond donors (Lipinski definition) is 1. The standard InChI is InChI=1S/C15H20N2O2S2/c1-3-4-11-17(2)14-9-7-13(8-10-14)16-21(18,19)15-6-5-12-20-15/h5-10,12,16H,3-4,11H2,1-2H3. The fraction of sp³-hybridized carbons (Fsp3) is 0.333. The van der Waals surface area contributed by atoms with E-state index in [9.17, 15) is 8.42 Å². The third-order valence-corrected chi connectivity index (χ3v) is 5.95. The lowest BCUT2D eigenvalue weighted by Gasteiger charge is -2.19. The minimum atomic E-state index is -3.46. The molecule has 0 saturated carbocycles. The summed E-state index contributed by atoms with van der Waals surface area (Å²) in [6.45, 7) is 3.16. The van der Waals surface area contributed by atoms with Crippen molar-refractivity contribution < 1.29 is 8.42 Å². The molecule has 1 N–H and O–H groups in total. The molecule has 2 rings (SSSR count). The fourth-order valence-corrected chi connectivity index (χ4v) is 3.98. The first-order valence-electron chi connectivity index (χ1n) is 6.90. The Hall–Kier alpha value is -1.53. The molecule has 0 bridgehead atoms. The Balaban J connectivity index is 2.06. The largest absolute Gasteiger partial charge is 0.375 e. The smallest absolute Gasteiger partial charge is 0.271 e. The molecule has 21 heavy (non-hydrogen) atoms. The quantitative estimate of drug-likeness (QED) is 0.843. The van der Waals surface area contributed by atoms with Crippen molar-refractivity contribution in [3.05, 3.63) is 41.8 Å². The number of sulfonamides is 1. The van der Waals surface area contributed by atoms with E-state index in [1.165, 1.54) is 11.3 Å². The fourth-order valence-electron chi connectivity index (χ4n) is 1.93. The van der Waals surface area contributed by atoms with Gasteiger partial charge in [0.1, 0.15) is 4.21 Å². The van der Waals surface area contributed by atoms with Crippen molar-refractivity contribution in [3.8, 4) is 0 Å². The molecule has 1 aromatic heterocycles. The predicted molar refractivity (Wildman–Crippen MR) is 89.7 cm³/mol. The van der Waals surface area contributed by atoms with E-state index < -0.39 is 10.0 Å². The van der Waals surface area contributed by atoms with E-state index in [4.69, 9.17) is 0 Å². The molecule has 0 saturated heterocycles. The van der Waals surface area contributed by atoms with Crippen molar-refractivity contribution in [2.75, 3.05) is 23.2 Å². The van der Waals surface area contributed by atoms with Gasteiger partial charge in [0.15, 0.2) is 0 Å². The third-order valence-electron chi connectivity index (χ3n) is 3.17. The van der Waals surface area contributed by atoms with Gasteiger partial charge < -0.3 is 4.90 Å². The first-order chi connectivity index (χ1) is 10.0. The van der Waals surface area contributed by atoms with Gasteiger partial charge in [-0.2, -0.15) is 0 Å². The maximum absolute atomic E-state index is 12.1. The second kappa shape index (κ2) is 6.95. The topological polar surface area (TPSA) is 49.4 Å². The van der Waals surface area contributed by atoms with E-state index in [1.807, 2.05) is 19.2 Å². The summed E-state index contributed by atoms with van der Waals surface area (Å²) in [5.74, 6) is 0. The van der Waals surface area contributed by atoms with E-state index in [0.717, 1.165) is 25.1 Å².